The van der Waals surface area contributed by atoms with Gasteiger partial charge in [0, 0.05) is 23.1 Å². The van der Waals surface area contributed by atoms with Gasteiger partial charge in [0.1, 0.15) is 11.0 Å². The standard InChI is InChI=1S/C29H28N2O3S.Na/c1-17-6-9-21(14-18(17)2)27(32)23(15-19-7-11-22(12-8-19)29(3,4)5)26(28(33)34)20-10-13-24-25(16-20)31-35-30-24;/h6-14,16H,15H2,1-5H3,(H,33,34);/q;+1/p-1/b26-23+;. The molecule has 1 aromatic heterocycles. The average Bonchev–Trinajstić information content (AvgIpc) is 3.27. The summed E-state index contributed by atoms with van der Waals surface area (Å²) in [7, 11) is 0. The molecular formula is C29H27N2NaO3S. The van der Waals surface area contributed by atoms with E-state index >= 15 is 0 Å². The Labute approximate surface area is 237 Å². The van der Waals surface area contributed by atoms with Gasteiger partial charge in [0.25, 0.3) is 0 Å². The molecule has 0 N–H and O–H groups in total. The van der Waals surface area contributed by atoms with Crippen LogP contribution in [0, 0.1) is 13.8 Å². The van der Waals surface area contributed by atoms with E-state index in [0.717, 1.165) is 34.0 Å². The predicted molar refractivity (Wildman–Crippen MR) is 138 cm³/mol. The fourth-order valence-electron chi connectivity index (χ4n) is 4.02. The summed E-state index contributed by atoms with van der Waals surface area (Å²) in [5.74, 6) is -1.73. The SMILES string of the molecule is Cc1ccc(C(=O)/C(Cc2ccc(C(C)(C)C)cc2)=C(/C(=O)[O-])c2ccc3nsnc3c2)cc1C.[Na+]. The van der Waals surface area contributed by atoms with E-state index < -0.39 is 5.97 Å². The Morgan fingerprint density at radius 3 is 2.08 bits per heavy atom. The Hall–Kier alpha value is -2.64. The maximum atomic E-state index is 13.8. The number of fused-ring (bicyclic) bond motifs is 1. The number of carboxylic acid groups (broad SMARTS) is 1. The third-order valence-corrected chi connectivity index (χ3v) is 6.85. The number of aliphatic carboxylic acids is 1. The number of benzene rings is 3. The largest absolute Gasteiger partial charge is 1.00 e. The maximum Gasteiger partial charge on any atom is 1.00 e. The summed E-state index contributed by atoms with van der Waals surface area (Å²) >= 11 is 1.06. The molecule has 0 amide bonds. The van der Waals surface area contributed by atoms with Crippen LogP contribution in [-0.4, -0.2) is 20.5 Å². The Balaban J connectivity index is 0.00000361. The summed E-state index contributed by atoms with van der Waals surface area (Å²) in [6.45, 7) is 10.3. The minimum absolute atomic E-state index is 0. The van der Waals surface area contributed by atoms with E-state index in [-0.39, 0.29) is 58.3 Å². The minimum Gasteiger partial charge on any atom is -0.545 e. The molecule has 0 atom stereocenters. The number of ketones is 1. The number of hydrogen-bond acceptors (Lipinski definition) is 6. The van der Waals surface area contributed by atoms with Crippen molar-refractivity contribution in [2.75, 3.05) is 0 Å². The maximum absolute atomic E-state index is 13.8. The van der Waals surface area contributed by atoms with Gasteiger partial charge in [-0.05, 0) is 65.3 Å². The van der Waals surface area contributed by atoms with Crippen molar-refractivity contribution < 1.29 is 44.3 Å². The monoisotopic (exact) mass is 506 g/mol. The molecule has 0 aliphatic carbocycles. The van der Waals surface area contributed by atoms with Crippen molar-refractivity contribution in [3.63, 3.8) is 0 Å². The van der Waals surface area contributed by atoms with Gasteiger partial charge in [-0.25, -0.2) is 0 Å². The molecule has 0 aliphatic heterocycles. The summed E-state index contributed by atoms with van der Waals surface area (Å²) in [6.07, 6.45) is 0.160. The zero-order valence-corrected chi connectivity index (χ0v) is 24.3. The number of nitrogens with zero attached hydrogens (tertiary/aromatic N) is 2. The third kappa shape index (κ3) is 6.01. The molecule has 1 heterocycles. The molecular weight excluding hydrogens is 479 g/mol. The molecule has 0 fully saturated rings. The number of aryl methyl sites for hydroxylation is 2. The van der Waals surface area contributed by atoms with Gasteiger partial charge in [0.05, 0.1) is 17.7 Å². The Bertz CT molecular complexity index is 1460. The molecule has 0 aliphatic rings. The van der Waals surface area contributed by atoms with Crippen molar-refractivity contribution in [1.82, 2.24) is 8.75 Å². The van der Waals surface area contributed by atoms with Gasteiger partial charge in [0.2, 0.25) is 0 Å². The first-order valence-corrected chi connectivity index (χ1v) is 12.2. The van der Waals surface area contributed by atoms with Gasteiger partial charge >= 0.3 is 29.6 Å². The third-order valence-electron chi connectivity index (χ3n) is 6.29. The molecule has 0 spiro atoms. The van der Waals surface area contributed by atoms with E-state index in [1.807, 2.05) is 44.2 Å². The number of rotatable bonds is 6. The van der Waals surface area contributed by atoms with Crippen molar-refractivity contribution in [3.05, 3.63) is 99.6 Å². The number of Topliss-reactive ketones (excluding diaryl/α,β-unsaturated/α-hetero) is 1. The Kier molecular flexibility index (Phi) is 8.67. The second kappa shape index (κ2) is 11.2. The molecule has 0 radical (unpaired) electrons. The van der Waals surface area contributed by atoms with Gasteiger partial charge in [0.15, 0.2) is 5.78 Å². The molecule has 0 unspecified atom stereocenters. The molecule has 5 nitrogen and oxygen atoms in total. The summed E-state index contributed by atoms with van der Waals surface area (Å²) in [5.41, 5.74) is 6.17. The number of carbonyl (C=O) groups is 2. The van der Waals surface area contributed by atoms with Crippen molar-refractivity contribution >= 4 is 40.1 Å². The molecule has 3 aromatic carbocycles. The Morgan fingerprint density at radius 2 is 1.47 bits per heavy atom. The summed E-state index contributed by atoms with van der Waals surface area (Å²) in [4.78, 5) is 26.3. The van der Waals surface area contributed by atoms with E-state index in [0.29, 0.717) is 22.2 Å². The average molecular weight is 507 g/mol. The van der Waals surface area contributed by atoms with Crippen molar-refractivity contribution in [2.24, 2.45) is 0 Å². The van der Waals surface area contributed by atoms with Gasteiger partial charge in [-0.3, -0.25) is 4.79 Å². The molecule has 0 saturated carbocycles. The quantitative estimate of drug-likeness (QED) is 0.228. The Morgan fingerprint density at radius 1 is 0.833 bits per heavy atom. The van der Waals surface area contributed by atoms with E-state index in [1.54, 1.807) is 30.3 Å². The molecule has 7 heteroatoms. The molecule has 4 rings (SSSR count). The van der Waals surface area contributed by atoms with Gasteiger partial charge in [-0.2, -0.15) is 8.75 Å². The minimum atomic E-state index is -1.40. The summed E-state index contributed by atoms with van der Waals surface area (Å²) < 4.78 is 8.42. The number of carboxylic acids is 1. The van der Waals surface area contributed by atoms with E-state index in [9.17, 15) is 14.7 Å². The van der Waals surface area contributed by atoms with Crippen LogP contribution in [0.5, 0.6) is 0 Å². The van der Waals surface area contributed by atoms with Crippen LogP contribution < -0.4 is 34.7 Å². The van der Waals surface area contributed by atoms with Crippen molar-refractivity contribution in [2.45, 2.75) is 46.5 Å². The first kappa shape index (κ1) is 27.9. The molecule has 36 heavy (non-hydrogen) atoms. The van der Waals surface area contributed by atoms with Gasteiger partial charge in [-0.1, -0.05) is 63.2 Å². The molecule has 4 aromatic rings. The first-order chi connectivity index (χ1) is 16.5. The van der Waals surface area contributed by atoms with Crippen LogP contribution in [0.25, 0.3) is 16.6 Å². The van der Waals surface area contributed by atoms with Crippen LogP contribution in [0.1, 0.15) is 58.9 Å². The summed E-state index contributed by atoms with van der Waals surface area (Å²) in [6, 6.07) is 18.4. The van der Waals surface area contributed by atoms with Crippen molar-refractivity contribution in [1.29, 1.82) is 0 Å². The zero-order valence-electron chi connectivity index (χ0n) is 21.5. The normalized spacial score (nSPS) is 12.1. The van der Waals surface area contributed by atoms with Crippen LogP contribution in [-0.2, 0) is 16.6 Å². The summed E-state index contributed by atoms with van der Waals surface area (Å²) in [5, 5.41) is 12.5. The predicted octanol–water partition coefficient (Wildman–Crippen LogP) is 2.24. The fraction of sp³-hybridized carbons (Fsp3) is 0.241. The number of aromatic nitrogens is 2. The van der Waals surface area contributed by atoms with Crippen LogP contribution in [0.3, 0.4) is 0 Å². The van der Waals surface area contributed by atoms with Crippen molar-refractivity contribution in [3.8, 4) is 0 Å². The van der Waals surface area contributed by atoms with E-state index in [4.69, 9.17) is 0 Å². The van der Waals surface area contributed by atoms with E-state index in [2.05, 4.69) is 29.5 Å². The zero-order chi connectivity index (χ0) is 25.3. The number of hydrogen-bond donors (Lipinski definition) is 0. The number of carbonyl (C=O) groups excluding carboxylic acids is 2. The first-order valence-electron chi connectivity index (χ1n) is 11.4. The van der Waals surface area contributed by atoms with E-state index in [1.165, 1.54) is 0 Å². The molecule has 0 bridgehead atoms. The van der Waals surface area contributed by atoms with Crippen LogP contribution in [0.15, 0.2) is 66.2 Å². The van der Waals surface area contributed by atoms with Gasteiger partial charge in [-0.15, -0.1) is 0 Å². The molecule has 178 valence electrons. The second-order valence-corrected chi connectivity index (χ2v) is 10.4. The van der Waals surface area contributed by atoms with Crippen LogP contribution in [0.4, 0.5) is 0 Å². The van der Waals surface area contributed by atoms with Crippen LogP contribution in [0.2, 0.25) is 0 Å². The second-order valence-electron chi connectivity index (χ2n) is 9.86. The molecule has 0 saturated heterocycles. The van der Waals surface area contributed by atoms with Crippen LogP contribution >= 0.6 is 11.7 Å². The topological polar surface area (TPSA) is 83.0 Å². The van der Waals surface area contributed by atoms with Gasteiger partial charge < -0.3 is 9.90 Å². The number of allylic oxidation sites excluding steroid dienone is 1. The smallest absolute Gasteiger partial charge is 0.545 e. The fourth-order valence-corrected chi connectivity index (χ4v) is 4.54.